The van der Waals surface area contributed by atoms with Crippen LogP contribution in [0.4, 0.5) is 5.82 Å². The van der Waals surface area contributed by atoms with E-state index in [9.17, 15) is 0 Å². The Labute approximate surface area is 178 Å². The van der Waals surface area contributed by atoms with Gasteiger partial charge in [0.05, 0.1) is 11.2 Å². The minimum absolute atomic E-state index is 0.659. The minimum atomic E-state index is 0.659. The van der Waals surface area contributed by atoms with E-state index in [0.29, 0.717) is 5.92 Å². The Hall–Kier alpha value is -2.50. The summed E-state index contributed by atoms with van der Waals surface area (Å²) in [7, 11) is 2.19. The van der Waals surface area contributed by atoms with Crippen molar-refractivity contribution >= 4 is 16.7 Å². The molecule has 2 aliphatic heterocycles. The van der Waals surface area contributed by atoms with Crippen LogP contribution in [0.2, 0.25) is 0 Å². The van der Waals surface area contributed by atoms with E-state index in [1.807, 2.05) is 0 Å². The number of hydrogen-bond acceptors (Lipinski definition) is 5. The lowest BCUT2D eigenvalue weighted by atomic mass is 9.94. The maximum Gasteiger partial charge on any atom is 0.129 e. The number of aromatic nitrogens is 2. The largest absolute Gasteiger partial charge is 0.381 e. The van der Waals surface area contributed by atoms with Crippen LogP contribution in [0.1, 0.15) is 18.5 Å². The first-order valence-electron chi connectivity index (χ1n) is 11.1. The highest BCUT2D eigenvalue weighted by Gasteiger charge is 2.20. The number of nitrogens with zero attached hydrogens (tertiary/aromatic N) is 4. The van der Waals surface area contributed by atoms with Crippen LogP contribution in [0.15, 0.2) is 48.5 Å². The average molecular weight is 403 g/mol. The quantitative estimate of drug-likeness (QED) is 0.659. The molecule has 4 heterocycles. The maximum absolute atomic E-state index is 5.56. The van der Waals surface area contributed by atoms with Gasteiger partial charge in [-0.3, -0.25) is 0 Å². The van der Waals surface area contributed by atoms with Crippen LogP contribution in [0.5, 0.6) is 0 Å². The normalized spacial score (nSPS) is 18.8. The molecule has 2 aromatic heterocycles. The van der Waals surface area contributed by atoms with Crippen LogP contribution in [-0.4, -0.2) is 61.3 Å². The van der Waals surface area contributed by atoms with Gasteiger partial charge in [0, 0.05) is 56.0 Å². The average Bonchev–Trinajstić information content (AvgIpc) is 2.80. The summed E-state index contributed by atoms with van der Waals surface area (Å²) in [6.45, 7) is 5.96. The van der Waals surface area contributed by atoms with Gasteiger partial charge >= 0.3 is 0 Å². The second-order valence-corrected chi connectivity index (χ2v) is 8.64. The van der Waals surface area contributed by atoms with Crippen molar-refractivity contribution in [3.63, 3.8) is 0 Å². The lowest BCUT2D eigenvalue weighted by Crippen LogP contribution is -2.44. The van der Waals surface area contributed by atoms with Gasteiger partial charge in [-0.1, -0.05) is 24.3 Å². The van der Waals surface area contributed by atoms with Crippen molar-refractivity contribution in [1.82, 2.24) is 14.9 Å². The number of hydrogen-bond donors (Lipinski definition) is 0. The first kappa shape index (κ1) is 19.5. The zero-order valence-corrected chi connectivity index (χ0v) is 17.8. The molecule has 2 fully saturated rings. The second-order valence-electron chi connectivity index (χ2n) is 8.64. The number of para-hydroxylation sites is 1. The highest BCUT2D eigenvalue weighted by molar-refractivity contribution is 5.81. The summed E-state index contributed by atoms with van der Waals surface area (Å²) in [4.78, 5) is 14.9. The van der Waals surface area contributed by atoms with Crippen molar-refractivity contribution in [1.29, 1.82) is 0 Å². The van der Waals surface area contributed by atoms with E-state index < -0.39 is 0 Å². The molecule has 5 rings (SSSR count). The molecule has 3 aromatic rings. The Kier molecular flexibility index (Phi) is 5.65. The molecule has 0 atom stereocenters. The van der Waals surface area contributed by atoms with Gasteiger partial charge in [-0.05, 0) is 56.5 Å². The Morgan fingerprint density at radius 1 is 0.933 bits per heavy atom. The van der Waals surface area contributed by atoms with Gasteiger partial charge in [-0.2, -0.15) is 0 Å². The number of anilines is 1. The molecule has 0 bridgehead atoms. The van der Waals surface area contributed by atoms with Gasteiger partial charge in [0.2, 0.25) is 0 Å². The standard InChI is InChI=1S/C25H30N4O/c1-28-10-12-29(13-11-28)25-18-21(17-22(26-25)16-19-8-14-30-15-9-19)24-7-6-20-4-2-3-5-23(20)27-24/h2-7,17-19H,8-16H2,1H3. The topological polar surface area (TPSA) is 41.5 Å². The summed E-state index contributed by atoms with van der Waals surface area (Å²) in [5.74, 6) is 1.75. The highest BCUT2D eigenvalue weighted by Crippen LogP contribution is 2.28. The van der Waals surface area contributed by atoms with Crippen LogP contribution in [0.3, 0.4) is 0 Å². The van der Waals surface area contributed by atoms with Gasteiger partial charge in [-0.15, -0.1) is 0 Å². The lowest BCUT2D eigenvalue weighted by Gasteiger charge is -2.33. The van der Waals surface area contributed by atoms with Gasteiger partial charge < -0.3 is 14.5 Å². The molecule has 2 saturated heterocycles. The molecule has 2 aliphatic rings. The van der Waals surface area contributed by atoms with Crippen LogP contribution in [-0.2, 0) is 11.2 Å². The van der Waals surface area contributed by atoms with Crippen LogP contribution < -0.4 is 4.90 Å². The summed E-state index contributed by atoms with van der Waals surface area (Å²) in [6, 6.07) is 17.1. The Morgan fingerprint density at radius 2 is 1.73 bits per heavy atom. The SMILES string of the molecule is CN1CCN(c2cc(-c3ccc4ccccc4n3)cc(CC3CCOCC3)n2)CC1. The van der Waals surface area contributed by atoms with E-state index in [1.165, 1.54) is 16.6 Å². The third kappa shape index (κ3) is 4.32. The van der Waals surface area contributed by atoms with Crippen molar-refractivity contribution in [2.75, 3.05) is 51.3 Å². The van der Waals surface area contributed by atoms with Gasteiger partial charge in [0.15, 0.2) is 0 Å². The third-order valence-electron chi connectivity index (χ3n) is 6.43. The molecule has 156 valence electrons. The molecule has 0 radical (unpaired) electrons. The van der Waals surface area contributed by atoms with Crippen molar-refractivity contribution in [3.8, 4) is 11.3 Å². The van der Waals surface area contributed by atoms with E-state index >= 15 is 0 Å². The summed E-state index contributed by atoms with van der Waals surface area (Å²) in [5.41, 5.74) is 4.42. The number of rotatable bonds is 4. The minimum Gasteiger partial charge on any atom is -0.381 e. The first-order chi connectivity index (χ1) is 14.7. The molecule has 0 aliphatic carbocycles. The molecular formula is C25H30N4O. The smallest absolute Gasteiger partial charge is 0.129 e. The molecule has 0 unspecified atom stereocenters. The van der Waals surface area contributed by atoms with Gasteiger partial charge in [0.25, 0.3) is 0 Å². The van der Waals surface area contributed by atoms with E-state index in [1.54, 1.807) is 0 Å². The lowest BCUT2D eigenvalue weighted by molar-refractivity contribution is 0.0663. The Morgan fingerprint density at radius 3 is 2.57 bits per heavy atom. The molecule has 1 aromatic carbocycles. The molecule has 0 amide bonds. The second kappa shape index (κ2) is 8.70. The van der Waals surface area contributed by atoms with Gasteiger partial charge in [0.1, 0.15) is 5.82 Å². The summed E-state index contributed by atoms with van der Waals surface area (Å²) >= 11 is 0. The van der Waals surface area contributed by atoms with E-state index in [0.717, 1.165) is 75.7 Å². The van der Waals surface area contributed by atoms with E-state index in [-0.39, 0.29) is 0 Å². The van der Waals surface area contributed by atoms with Crippen LogP contribution >= 0.6 is 0 Å². The fraction of sp³-hybridized carbons (Fsp3) is 0.440. The summed E-state index contributed by atoms with van der Waals surface area (Å²) in [6.07, 6.45) is 3.28. The third-order valence-corrected chi connectivity index (χ3v) is 6.43. The number of likely N-dealkylation sites (N-methyl/N-ethyl adjacent to an activating group) is 1. The first-order valence-corrected chi connectivity index (χ1v) is 11.1. The summed E-state index contributed by atoms with van der Waals surface area (Å²) in [5, 5.41) is 1.18. The number of pyridine rings is 2. The Bertz CT molecular complexity index is 1010. The zero-order chi connectivity index (χ0) is 20.3. The van der Waals surface area contributed by atoms with E-state index in [4.69, 9.17) is 14.7 Å². The van der Waals surface area contributed by atoms with Crippen molar-refractivity contribution < 1.29 is 4.74 Å². The number of benzene rings is 1. The van der Waals surface area contributed by atoms with Crippen LogP contribution in [0.25, 0.3) is 22.2 Å². The van der Waals surface area contributed by atoms with E-state index in [2.05, 4.69) is 65.4 Å². The fourth-order valence-corrected chi connectivity index (χ4v) is 4.50. The predicted molar refractivity (Wildman–Crippen MR) is 122 cm³/mol. The molecular weight excluding hydrogens is 372 g/mol. The molecule has 0 saturated carbocycles. The molecule has 30 heavy (non-hydrogen) atoms. The molecule has 5 nitrogen and oxygen atoms in total. The Balaban J connectivity index is 1.50. The fourth-order valence-electron chi connectivity index (χ4n) is 4.50. The van der Waals surface area contributed by atoms with Gasteiger partial charge in [-0.25, -0.2) is 9.97 Å². The molecule has 0 spiro atoms. The van der Waals surface area contributed by atoms with Crippen molar-refractivity contribution in [3.05, 3.63) is 54.2 Å². The molecule has 5 heteroatoms. The van der Waals surface area contributed by atoms with Crippen molar-refractivity contribution in [2.45, 2.75) is 19.3 Å². The highest BCUT2D eigenvalue weighted by atomic mass is 16.5. The number of piperazine rings is 1. The number of ether oxygens (including phenoxy) is 1. The van der Waals surface area contributed by atoms with Crippen molar-refractivity contribution in [2.24, 2.45) is 5.92 Å². The maximum atomic E-state index is 5.56. The molecule has 0 N–H and O–H groups in total. The summed E-state index contributed by atoms with van der Waals surface area (Å²) < 4.78 is 5.56. The zero-order valence-electron chi connectivity index (χ0n) is 17.8. The van der Waals surface area contributed by atoms with Crippen LogP contribution in [0, 0.1) is 5.92 Å². The predicted octanol–water partition coefficient (Wildman–Crippen LogP) is 4.02. The monoisotopic (exact) mass is 402 g/mol. The number of fused-ring (bicyclic) bond motifs is 1.